The molecule has 140 valence electrons. The Labute approximate surface area is 159 Å². The van der Waals surface area contributed by atoms with E-state index in [9.17, 15) is 8.42 Å². The van der Waals surface area contributed by atoms with Crippen LogP contribution in [0.4, 0.5) is 0 Å². The summed E-state index contributed by atoms with van der Waals surface area (Å²) >= 11 is 0. The monoisotopic (exact) mass is 384 g/mol. The van der Waals surface area contributed by atoms with Gasteiger partial charge in [-0.1, -0.05) is 36.4 Å². The van der Waals surface area contributed by atoms with E-state index in [0.29, 0.717) is 17.1 Å². The molecule has 3 aromatic carbocycles. The van der Waals surface area contributed by atoms with Crippen LogP contribution in [-0.2, 0) is 14.3 Å². The lowest BCUT2D eigenvalue weighted by atomic mass is 10.2. The Morgan fingerprint density at radius 3 is 1.96 bits per heavy atom. The normalized spacial score (nSPS) is 12.4. The molecule has 3 aromatic rings. The second-order valence-corrected chi connectivity index (χ2v) is 7.43. The topological polar surface area (TPSA) is 61.8 Å². The van der Waals surface area contributed by atoms with E-state index in [1.807, 2.05) is 30.3 Å². The van der Waals surface area contributed by atoms with E-state index in [2.05, 4.69) is 0 Å². The number of ether oxygens (including phenoxy) is 2. The summed E-state index contributed by atoms with van der Waals surface area (Å²) in [6.45, 7) is 3.25. The molecule has 0 saturated heterocycles. The molecule has 0 amide bonds. The lowest BCUT2D eigenvalue weighted by Gasteiger charge is -2.16. The standard InChI is InChI=1S/C21H20O5S/c1-16-8-6-7-11-21(16)27(22,23)26-17(2)24-19-12-14-20(15-13-19)25-18-9-4-3-5-10-18/h3-15,17H,1-2H3. The van der Waals surface area contributed by atoms with Gasteiger partial charge in [-0.2, -0.15) is 8.42 Å². The first-order valence-electron chi connectivity index (χ1n) is 8.42. The average molecular weight is 384 g/mol. The van der Waals surface area contributed by atoms with Crippen molar-refractivity contribution in [2.45, 2.75) is 25.0 Å². The molecule has 0 heterocycles. The molecule has 0 saturated carbocycles. The van der Waals surface area contributed by atoms with E-state index in [4.69, 9.17) is 13.7 Å². The Morgan fingerprint density at radius 1 is 0.741 bits per heavy atom. The highest BCUT2D eigenvalue weighted by atomic mass is 32.2. The molecule has 0 aromatic heterocycles. The van der Waals surface area contributed by atoms with Crippen LogP contribution in [0.1, 0.15) is 12.5 Å². The Morgan fingerprint density at radius 2 is 1.30 bits per heavy atom. The fourth-order valence-electron chi connectivity index (χ4n) is 2.49. The lowest BCUT2D eigenvalue weighted by molar-refractivity contribution is 0.0281. The van der Waals surface area contributed by atoms with Gasteiger partial charge in [0.2, 0.25) is 6.29 Å². The Kier molecular flexibility index (Phi) is 5.78. The van der Waals surface area contributed by atoms with Gasteiger partial charge >= 0.3 is 10.1 Å². The summed E-state index contributed by atoms with van der Waals surface area (Å²) < 4.78 is 41.2. The molecule has 6 heteroatoms. The van der Waals surface area contributed by atoms with Gasteiger partial charge in [0, 0.05) is 0 Å². The summed E-state index contributed by atoms with van der Waals surface area (Å²) in [6, 6.07) is 22.9. The van der Waals surface area contributed by atoms with Crippen molar-refractivity contribution in [1.82, 2.24) is 0 Å². The second kappa shape index (κ2) is 8.24. The van der Waals surface area contributed by atoms with Gasteiger partial charge in [-0.05, 0) is 61.9 Å². The quantitative estimate of drug-likeness (QED) is 0.427. The third-order valence-electron chi connectivity index (χ3n) is 3.73. The van der Waals surface area contributed by atoms with Crippen molar-refractivity contribution in [3.63, 3.8) is 0 Å². The van der Waals surface area contributed by atoms with Crippen LogP contribution in [0, 0.1) is 6.92 Å². The van der Waals surface area contributed by atoms with Gasteiger partial charge in [0.1, 0.15) is 17.2 Å². The maximum Gasteiger partial charge on any atom is 0.300 e. The van der Waals surface area contributed by atoms with Crippen molar-refractivity contribution < 1.29 is 22.1 Å². The highest BCUT2D eigenvalue weighted by Crippen LogP contribution is 2.25. The molecule has 1 unspecified atom stereocenters. The van der Waals surface area contributed by atoms with E-state index in [1.54, 1.807) is 49.4 Å². The zero-order chi connectivity index (χ0) is 19.3. The van der Waals surface area contributed by atoms with Gasteiger partial charge in [0.05, 0.1) is 4.90 Å². The minimum atomic E-state index is -3.91. The molecule has 0 spiro atoms. The van der Waals surface area contributed by atoms with E-state index in [0.717, 1.165) is 5.75 Å². The number of aryl methyl sites for hydroxylation is 1. The largest absolute Gasteiger partial charge is 0.464 e. The summed E-state index contributed by atoms with van der Waals surface area (Å²) in [5.74, 6) is 1.85. The molecule has 0 aliphatic carbocycles. The summed E-state index contributed by atoms with van der Waals surface area (Å²) in [6.07, 6.45) is -0.976. The Bertz CT molecular complexity index is 983. The van der Waals surface area contributed by atoms with Crippen LogP contribution in [0.15, 0.2) is 83.8 Å². The molecular formula is C21H20O5S. The molecule has 27 heavy (non-hydrogen) atoms. The number of rotatable bonds is 7. The van der Waals surface area contributed by atoms with E-state index >= 15 is 0 Å². The predicted molar refractivity (Wildman–Crippen MR) is 102 cm³/mol. The third kappa shape index (κ3) is 5.09. The molecule has 1 atom stereocenters. The molecule has 5 nitrogen and oxygen atoms in total. The SMILES string of the molecule is Cc1ccccc1S(=O)(=O)OC(C)Oc1ccc(Oc2ccccc2)cc1. The number of benzene rings is 3. The smallest absolute Gasteiger partial charge is 0.300 e. The van der Waals surface area contributed by atoms with Crippen LogP contribution in [-0.4, -0.2) is 14.7 Å². The minimum Gasteiger partial charge on any atom is -0.464 e. The maximum absolute atomic E-state index is 12.4. The number of hydrogen-bond acceptors (Lipinski definition) is 5. The van der Waals surface area contributed by atoms with Crippen LogP contribution < -0.4 is 9.47 Å². The summed E-state index contributed by atoms with van der Waals surface area (Å²) in [4.78, 5) is 0.132. The Hall–Kier alpha value is -2.83. The van der Waals surface area contributed by atoms with Crippen LogP contribution in [0.2, 0.25) is 0 Å². The molecule has 0 N–H and O–H groups in total. The zero-order valence-electron chi connectivity index (χ0n) is 15.0. The molecule has 3 rings (SSSR count). The van der Waals surface area contributed by atoms with E-state index in [1.165, 1.54) is 13.0 Å². The predicted octanol–water partition coefficient (Wildman–Crippen LogP) is 4.92. The first-order chi connectivity index (χ1) is 12.9. The molecular weight excluding hydrogens is 364 g/mol. The molecule has 0 radical (unpaired) electrons. The van der Waals surface area contributed by atoms with Crippen molar-refractivity contribution >= 4 is 10.1 Å². The van der Waals surface area contributed by atoms with Crippen LogP contribution >= 0.6 is 0 Å². The summed E-state index contributed by atoms with van der Waals surface area (Å²) in [5.41, 5.74) is 0.618. The number of para-hydroxylation sites is 1. The van der Waals surface area contributed by atoms with E-state index in [-0.39, 0.29) is 4.90 Å². The number of hydrogen-bond donors (Lipinski definition) is 0. The van der Waals surface area contributed by atoms with Crippen LogP contribution in [0.5, 0.6) is 17.2 Å². The lowest BCUT2D eigenvalue weighted by Crippen LogP contribution is -2.21. The van der Waals surface area contributed by atoms with Gasteiger partial charge in [-0.25, -0.2) is 4.18 Å². The molecule has 0 aliphatic rings. The minimum absolute atomic E-state index is 0.132. The van der Waals surface area contributed by atoms with Crippen molar-refractivity contribution in [3.8, 4) is 17.2 Å². The van der Waals surface area contributed by atoms with Gasteiger partial charge in [0.15, 0.2) is 0 Å². The maximum atomic E-state index is 12.4. The van der Waals surface area contributed by atoms with Crippen molar-refractivity contribution in [1.29, 1.82) is 0 Å². The fraction of sp³-hybridized carbons (Fsp3) is 0.143. The van der Waals surface area contributed by atoms with Gasteiger partial charge in [-0.3, -0.25) is 0 Å². The van der Waals surface area contributed by atoms with Crippen molar-refractivity contribution in [2.75, 3.05) is 0 Å². The van der Waals surface area contributed by atoms with Crippen LogP contribution in [0.3, 0.4) is 0 Å². The molecule has 0 fully saturated rings. The van der Waals surface area contributed by atoms with Gasteiger partial charge in [0.25, 0.3) is 0 Å². The van der Waals surface area contributed by atoms with Crippen LogP contribution in [0.25, 0.3) is 0 Å². The Balaban J connectivity index is 1.62. The van der Waals surface area contributed by atoms with Gasteiger partial charge < -0.3 is 9.47 Å². The molecule has 0 aliphatic heterocycles. The van der Waals surface area contributed by atoms with Gasteiger partial charge in [-0.15, -0.1) is 0 Å². The second-order valence-electron chi connectivity index (χ2n) is 5.89. The molecule has 0 bridgehead atoms. The third-order valence-corrected chi connectivity index (χ3v) is 5.25. The summed E-state index contributed by atoms with van der Waals surface area (Å²) in [7, 11) is -3.91. The first kappa shape index (κ1) is 18.9. The fourth-order valence-corrected chi connectivity index (χ4v) is 3.70. The zero-order valence-corrected chi connectivity index (χ0v) is 15.8. The van der Waals surface area contributed by atoms with Crippen molar-refractivity contribution in [3.05, 3.63) is 84.4 Å². The average Bonchev–Trinajstić information content (AvgIpc) is 2.64. The highest BCUT2D eigenvalue weighted by Gasteiger charge is 2.21. The van der Waals surface area contributed by atoms with Crippen molar-refractivity contribution in [2.24, 2.45) is 0 Å². The first-order valence-corrected chi connectivity index (χ1v) is 9.83. The van der Waals surface area contributed by atoms with E-state index < -0.39 is 16.4 Å². The summed E-state index contributed by atoms with van der Waals surface area (Å²) in [5, 5.41) is 0. The highest BCUT2D eigenvalue weighted by molar-refractivity contribution is 7.86.